The summed E-state index contributed by atoms with van der Waals surface area (Å²) in [5, 5.41) is 2.40. The lowest BCUT2D eigenvalue weighted by Gasteiger charge is -2.23. The van der Waals surface area contributed by atoms with E-state index in [0.717, 1.165) is 16.9 Å². The maximum absolute atomic E-state index is 11.9. The van der Waals surface area contributed by atoms with E-state index in [1.54, 1.807) is 27.9 Å². The molecule has 0 saturated carbocycles. The molecule has 1 amide bonds. The SMILES string of the molecule is COc1ccc([C@@H](C)[C@@H](C)OC(=O)CNC(=O)OC(C)(C)C)c(C)c1. The van der Waals surface area contributed by atoms with Gasteiger partial charge in [0.1, 0.15) is 24.0 Å². The number of aryl methyl sites for hydroxylation is 1. The number of ether oxygens (including phenoxy) is 3. The van der Waals surface area contributed by atoms with E-state index in [1.165, 1.54) is 0 Å². The topological polar surface area (TPSA) is 73.9 Å². The lowest BCUT2D eigenvalue weighted by atomic mass is 9.92. The van der Waals surface area contributed by atoms with Crippen LogP contribution < -0.4 is 10.1 Å². The first kappa shape index (κ1) is 20.8. The second-order valence-electron chi connectivity index (χ2n) is 7.06. The maximum atomic E-state index is 11.9. The summed E-state index contributed by atoms with van der Waals surface area (Å²) in [5.74, 6) is 0.299. The zero-order valence-electron chi connectivity index (χ0n) is 16.1. The van der Waals surface area contributed by atoms with Crippen molar-refractivity contribution in [2.75, 3.05) is 13.7 Å². The van der Waals surface area contributed by atoms with Crippen LogP contribution in [0.4, 0.5) is 4.79 Å². The van der Waals surface area contributed by atoms with E-state index in [9.17, 15) is 9.59 Å². The predicted octanol–water partition coefficient (Wildman–Crippen LogP) is 3.56. The summed E-state index contributed by atoms with van der Waals surface area (Å²) in [4.78, 5) is 23.5. The highest BCUT2D eigenvalue weighted by Crippen LogP contribution is 2.27. The Kier molecular flexibility index (Phi) is 7.27. The largest absolute Gasteiger partial charge is 0.497 e. The van der Waals surface area contributed by atoms with Gasteiger partial charge in [-0.3, -0.25) is 4.79 Å². The van der Waals surface area contributed by atoms with Crippen LogP contribution in [0.2, 0.25) is 0 Å². The van der Waals surface area contributed by atoms with Crippen molar-refractivity contribution < 1.29 is 23.8 Å². The molecule has 1 rings (SSSR count). The van der Waals surface area contributed by atoms with E-state index in [4.69, 9.17) is 14.2 Å². The molecule has 6 nitrogen and oxygen atoms in total. The van der Waals surface area contributed by atoms with Crippen LogP contribution in [0.25, 0.3) is 0 Å². The molecule has 0 aromatic heterocycles. The molecular weight excluding hydrogens is 322 g/mol. The molecule has 1 N–H and O–H groups in total. The molecule has 0 unspecified atom stereocenters. The number of carbonyl (C=O) groups excluding carboxylic acids is 2. The Bertz CT molecular complexity index is 606. The molecule has 0 spiro atoms. The number of nitrogens with one attached hydrogen (secondary N) is 1. The smallest absolute Gasteiger partial charge is 0.408 e. The van der Waals surface area contributed by atoms with Crippen molar-refractivity contribution in [2.45, 2.75) is 59.2 Å². The monoisotopic (exact) mass is 351 g/mol. The molecule has 25 heavy (non-hydrogen) atoms. The van der Waals surface area contributed by atoms with E-state index in [2.05, 4.69) is 5.32 Å². The fraction of sp³-hybridized carbons (Fsp3) is 0.579. The molecule has 1 aromatic carbocycles. The number of methoxy groups -OCH3 is 1. The van der Waals surface area contributed by atoms with Gasteiger partial charge in [0, 0.05) is 5.92 Å². The first-order valence-corrected chi connectivity index (χ1v) is 8.34. The number of hydrogen-bond donors (Lipinski definition) is 1. The minimum atomic E-state index is -0.642. The van der Waals surface area contributed by atoms with Crippen LogP contribution in [0.15, 0.2) is 18.2 Å². The molecule has 0 heterocycles. The van der Waals surface area contributed by atoms with Gasteiger partial charge in [0.25, 0.3) is 0 Å². The molecule has 6 heteroatoms. The van der Waals surface area contributed by atoms with Gasteiger partial charge in [-0.1, -0.05) is 13.0 Å². The van der Waals surface area contributed by atoms with Crippen LogP contribution >= 0.6 is 0 Å². The van der Waals surface area contributed by atoms with Crippen molar-refractivity contribution in [3.63, 3.8) is 0 Å². The van der Waals surface area contributed by atoms with Crippen LogP contribution in [0.1, 0.15) is 51.7 Å². The van der Waals surface area contributed by atoms with Gasteiger partial charge in [0.05, 0.1) is 7.11 Å². The highest BCUT2D eigenvalue weighted by Gasteiger charge is 2.21. The van der Waals surface area contributed by atoms with Gasteiger partial charge >= 0.3 is 12.1 Å². The third-order valence-electron chi connectivity index (χ3n) is 3.76. The highest BCUT2D eigenvalue weighted by molar-refractivity contribution is 5.78. The average molecular weight is 351 g/mol. The summed E-state index contributed by atoms with van der Waals surface area (Å²) in [7, 11) is 1.62. The van der Waals surface area contributed by atoms with Crippen molar-refractivity contribution >= 4 is 12.1 Å². The molecule has 1 aromatic rings. The molecule has 140 valence electrons. The normalized spacial score (nSPS) is 13.6. The van der Waals surface area contributed by atoms with E-state index >= 15 is 0 Å². The zero-order chi connectivity index (χ0) is 19.2. The summed E-state index contributed by atoms with van der Waals surface area (Å²) in [5.41, 5.74) is 1.55. The van der Waals surface area contributed by atoms with E-state index in [0.29, 0.717) is 0 Å². The molecule has 0 radical (unpaired) electrons. The number of amides is 1. The van der Waals surface area contributed by atoms with Crippen molar-refractivity contribution in [3.05, 3.63) is 29.3 Å². The molecule has 0 fully saturated rings. The lowest BCUT2D eigenvalue weighted by molar-refractivity contribution is -0.148. The van der Waals surface area contributed by atoms with Gasteiger partial charge in [0.15, 0.2) is 0 Å². The van der Waals surface area contributed by atoms with Crippen LogP contribution in [0.5, 0.6) is 5.75 Å². The predicted molar refractivity (Wildman–Crippen MR) is 95.9 cm³/mol. The summed E-state index contributed by atoms with van der Waals surface area (Å²) in [6, 6.07) is 5.81. The Hall–Kier alpha value is -2.24. The maximum Gasteiger partial charge on any atom is 0.408 e. The van der Waals surface area contributed by atoms with Crippen molar-refractivity contribution in [1.82, 2.24) is 5.32 Å². The number of benzene rings is 1. The standard InChI is InChI=1S/C19H29NO5/c1-12-10-15(23-7)8-9-16(12)13(2)14(3)24-17(21)11-20-18(22)25-19(4,5)6/h8-10,13-14H,11H2,1-7H3,(H,20,22)/t13-,14+/m0/s1. The molecule has 0 aliphatic carbocycles. The highest BCUT2D eigenvalue weighted by atomic mass is 16.6. The van der Waals surface area contributed by atoms with Crippen LogP contribution in [-0.2, 0) is 14.3 Å². The number of carbonyl (C=O) groups is 2. The molecule has 0 saturated heterocycles. The molecule has 0 bridgehead atoms. The third kappa shape index (κ3) is 7.03. The first-order chi connectivity index (χ1) is 11.5. The fourth-order valence-corrected chi connectivity index (χ4v) is 2.35. The van der Waals surface area contributed by atoms with E-state index in [-0.39, 0.29) is 18.6 Å². The molecule has 0 aliphatic heterocycles. The Balaban J connectivity index is 2.56. The minimum Gasteiger partial charge on any atom is -0.497 e. The van der Waals surface area contributed by atoms with Gasteiger partial charge in [-0.2, -0.15) is 0 Å². The van der Waals surface area contributed by atoms with Gasteiger partial charge in [0.2, 0.25) is 0 Å². The molecular formula is C19H29NO5. The van der Waals surface area contributed by atoms with Crippen LogP contribution in [-0.4, -0.2) is 37.4 Å². The summed E-state index contributed by atoms with van der Waals surface area (Å²) in [6.45, 7) is 10.9. The second kappa shape index (κ2) is 8.74. The van der Waals surface area contributed by atoms with Crippen molar-refractivity contribution in [3.8, 4) is 5.75 Å². The van der Waals surface area contributed by atoms with Crippen LogP contribution in [0, 0.1) is 6.92 Å². The Morgan fingerprint density at radius 2 is 1.84 bits per heavy atom. The number of alkyl carbamates (subject to hydrolysis) is 1. The fourth-order valence-electron chi connectivity index (χ4n) is 2.35. The summed E-state index contributed by atoms with van der Waals surface area (Å²) >= 11 is 0. The minimum absolute atomic E-state index is 0.0105. The van der Waals surface area contributed by atoms with E-state index < -0.39 is 17.7 Å². The Labute approximate surface area is 149 Å². The van der Waals surface area contributed by atoms with E-state index in [1.807, 2.05) is 39.0 Å². The number of hydrogen-bond acceptors (Lipinski definition) is 5. The Morgan fingerprint density at radius 1 is 1.20 bits per heavy atom. The summed E-state index contributed by atoms with van der Waals surface area (Å²) < 4.78 is 15.7. The van der Waals surface area contributed by atoms with Crippen LogP contribution in [0.3, 0.4) is 0 Å². The lowest BCUT2D eigenvalue weighted by Crippen LogP contribution is -2.37. The van der Waals surface area contributed by atoms with Gasteiger partial charge in [-0.15, -0.1) is 0 Å². The van der Waals surface area contributed by atoms with Gasteiger partial charge in [-0.05, 0) is 57.9 Å². The quantitative estimate of drug-likeness (QED) is 0.793. The second-order valence-corrected chi connectivity index (χ2v) is 7.06. The average Bonchev–Trinajstić information content (AvgIpc) is 2.50. The third-order valence-corrected chi connectivity index (χ3v) is 3.76. The zero-order valence-corrected chi connectivity index (χ0v) is 16.1. The summed E-state index contributed by atoms with van der Waals surface area (Å²) in [6.07, 6.45) is -0.976. The number of esters is 1. The Morgan fingerprint density at radius 3 is 2.36 bits per heavy atom. The van der Waals surface area contributed by atoms with Crippen molar-refractivity contribution in [1.29, 1.82) is 0 Å². The molecule has 2 atom stereocenters. The first-order valence-electron chi connectivity index (χ1n) is 8.34. The van der Waals surface area contributed by atoms with Gasteiger partial charge < -0.3 is 19.5 Å². The molecule has 0 aliphatic rings. The van der Waals surface area contributed by atoms with Crippen molar-refractivity contribution in [2.24, 2.45) is 0 Å². The number of rotatable bonds is 6. The van der Waals surface area contributed by atoms with Gasteiger partial charge in [-0.25, -0.2) is 4.79 Å².